The minimum Gasteiger partial charge on any atom is -0.384 e. The van der Waals surface area contributed by atoms with Gasteiger partial charge in [0.1, 0.15) is 0 Å². The molecule has 3 nitrogen and oxygen atoms in total. The van der Waals surface area contributed by atoms with E-state index in [2.05, 4.69) is 34.1 Å². The highest BCUT2D eigenvalue weighted by Gasteiger charge is 2.39. The maximum atomic E-state index is 5.60. The zero-order valence-electron chi connectivity index (χ0n) is 11.2. The van der Waals surface area contributed by atoms with Crippen LogP contribution in [0.5, 0.6) is 0 Å². The van der Waals surface area contributed by atoms with Crippen molar-refractivity contribution in [2.45, 2.75) is 31.0 Å². The Hall–Kier alpha value is -0.420. The summed E-state index contributed by atoms with van der Waals surface area (Å²) in [6.07, 6.45) is 3.46. The number of halogens is 1. The van der Waals surface area contributed by atoms with Crippen molar-refractivity contribution in [3.8, 4) is 0 Å². The van der Waals surface area contributed by atoms with Gasteiger partial charge >= 0.3 is 0 Å². The van der Waals surface area contributed by atoms with Crippen LogP contribution in [0.15, 0.2) is 22.7 Å². The Bertz CT molecular complexity index is 451. The quantitative estimate of drug-likeness (QED) is 0.846. The number of hydrogen-bond donors (Lipinski definition) is 0. The molecule has 1 aromatic carbocycles. The molecule has 1 saturated carbocycles. The topological polar surface area (TPSA) is 27.7 Å². The van der Waals surface area contributed by atoms with Gasteiger partial charge in [0.2, 0.25) is 0 Å². The third kappa shape index (κ3) is 2.59. The lowest BCUT2D eigenvalue weighted by atomic mass is 9.65. The molecule has 0 amide bonds. The van der Waals surface area contributed by atoms with Crippen LogP contribution in [0.2, 0.25) is 0 Å². The van der Waals surface area contributed by atoms with E-state index >= 15 is 0 Å². The van der Waals surface area contributed by atoms with Crippen molar-refractivity contribution in [3.63, 3.8) is 0 Å². The van der Waals surface area contributed by atoms with E-state index in [1.807, 2.05) is 0 Å². The molecular weight excluding hydrogens is 308 g/mol. The van der Waals surface area contributed by atoms with Crippen molar-refractivity contribution in [1.29, 1.82) is 0 Å². The molecule has 0 bridgehead atoms. The third-order valence-electron chi connectivity index (χ3n) is 4.16. The first-order valence-electron chi connectivity index (χ1n) is 6.77. The highest BCUT2D eigenvalue weighted by Crippen LogP contribution is 2.45. The van der Waals surface area contributed by atoms with E-state index in [0.717, 1.165) is 16.6 Å². The summed E-state index contributed by atoms with van der Waals surface area (Å²) in [6.45, 7) is 2.14. The lowest BCUT2D eigenvalue weighted by molar-refractivity contribution is -0.0443. The Morgan fingerprint density at radius 3 is 2.58 bits per heavy atom. The Labute approximate surface area is 122 Å². The van der Waals surface area contributed by atoms with E-state index in [1.165, 1.54) is 24.8 Å². The van der Waals surface area contributed by atoms with E-state index in [4.69, 9.17) is 14.2 Å². The predicted octanol–water partition coefficient (Wildman–Crippen LogP) is 3.56. The number of hydrogen-bond acceptors (Lipinski definition) is 3. The fourth-order valence-corrected chi connectivity index (χ4v) is 3.51. The summed E-state index contributed by atoms with van der Waals surface area (Å²) in [5.41, 5.74) is 2.62. The summed E-state index contributed by atoms with van der Waals surface area (Å²) in [7, 11) is 1.78. The molecule has 19 heavy (non-hydrogen) atoms. The fraction of sp³-hybridized carbons (Fsp3) is 0.600. The highest BCUT2D eigenvalue weighted by molar-refractivity contribution is 9.10. The molecule has 2 aliphatic rings. The summed E-state index contributed by atoms with van der Waals surface area (Å²) in [4.78, 5) is 0. The number of ether oxygens (including phenoxy) is 3. The lowest BCUT2D eigenvalue weighted by Crippen LogP contribution is -2.38. The molecule has 1 aliphatic carbocycles. The van der Waals surface area contributed by atoms with Gasteiger partial charge in [-0.15, -0.1) is 0 Å². The van der Waals surface area contributed by atoms with Gasteiger partial charge in [0.15, 0.2) is 6.29 Å². The molecule has 0 atom stereocenters. The van der Waals surface area contributed by atoms with Crippen LogP contribution < -0.4 is 0 Å². The summed E-state index contributed by atoms with van der Waals surface area (Å²) >= 11 is 3.61. The molecule has 2 fully saturated rings. The van der Waals surface area contributed by atoms with E-state index in [1.54, 1.807) is 7.11 Å². The van der Waals surface area contributed by atoms with Gasteiger partial charge in [0.25, 0.3) is 0 Å². The van der Waals surface area contributed by atoms with Gasteiger partial charge in [-0.25, -0.2) is 0 Å². The first-order valence-corrected chi connectivity index (χ1v) is 7.56. The second-order valence-electron chi connectivity index (χ2n) is 5.41. The molecule has 0 N–H and O–H groups in total. The van der Waals surface area contributed by atoms with Crippen LogP contribution >= 0.6 is 15.9 Å². The van der Waals surface area contributed by atoms with Crippen molar-refractivity contribution in [2.75, 3.05) is 26.9 Å². The Morgan fingerprint density at radius 1 is 1.26 bits per heavy atom. The average Bonchev–Trinajstić information content (AvgIpc) is 2.86. The monoisotopic (exact) mass is 326 g/mol. The minimum absolute atomic E-state index is 0.186. The van der Waals surface area contributed by atoms with E-state index in [9.17, 15) is 0 Å². The largest absolute Gasteiger partial charge is 0.384 e. The van der Waals surface area contributed by atoms with Gasteiger partial charge in [-0.1, -0.05) is 28.4 Å². The Balaban J connectivity index is 1.92. The van der Waals surface area contributed by atoms with Crippen LogP contribution in [-0.2, 0) is 19.6 Å². The van der Waals surface area contributed by atoms with Gasteiger partial charge in [0.05, 0.1) is 19.8 Å². The van der Waals surface area contributed by atoms with E-state index in [0.29, 0.717) is 13.2 Å². The van der Waals surface area contributed by atoms with Crippen LogP contribution in [0, 0.1) is 0 Å². The molecule has 0 radical (unpaired) electrons. The molecule has 104 valence electrons. The SMILES string of the molecule is COCC1(c2cc(Br)cc(C3OCCO3)c2)CCC1. The molecule has 1 saturated heterocycles. The van der Waals surface area contributed by atoms with Crippen molar-refractivity contribution >= 4 is 15.9 Å². The van der Waals surface area contributed by atoms with Gasteiger partial charge in [-0.2, -0.15) is 0 Å². The van der Waals surface area contributed by atoms with Crippen LogP contribution in [0.4, 0.5) is 0 Å². The van der Waals surface area contributed by atoms with Crippen LogP contribution in [0.25, 0.3) is 0 Å². The molecule has 0 unspecified atom stereocenters. The normalized spacial score (nSPS) is 22.4. The number of methoxy groups -OCH3 is 1. The Morgan fingerprint density at radius 2 is 2.00 bits per heavy atom. The molecule has 0 aromatic heterocycles. The summed E-state index contributed by atoms with van der Waals surface area (Å²) in [5, 5.41) is 0. The Kier molecular flexibility index (Phi) is 3.94. The van der Waals surface area contributed by atoms with E-state index in [-0.39, 0.29) is 11.7 Å². The van der Waals surface area contributed by atoms with Crippen LogP contribution in [0.1, 0.15) is 36.7 Å². The fourth-order valence-electron chi connectivity index (χ4n) is 3.00. The highest BCUT2D eigenvalue weighted by atomic mass is 79.9. The summed E-state index contributed by atoms with van der Waals surface area (Å²) in [5.74, 6) is 0. The zero-order valence-corrected chi connectivity index (χ0v) is 12.7. The first-order chi connectivity index (χ1) is 9.23. The molecule has 1 heterocycles. The molecule has 0 spiro atoms. The van der Waals surface area contributed by atoms with Crippen molar-refractivity contribution in [2.24, 2.45) is 0 Å². The van der Waals surface area contributed by atoms with Gasteiger partial charge < -0.3 is 14.2 Å². The molecular formula is C15H19BrO3. The minimum atomic E-state index is -0.212. The molecule has 3 rings (SSSR count). The summed E-state index contributed by atoms with van der Waals surface area (Å²) in [6, 6.07) is 6.51. The van der Waals surface area contributed by atoms with E-state index < -0.39 is 0 Å². The predicted molar refractivity (Wildman–Crippen MR) is 76.2 cm³/mol. The smallest absolute Gasteiger partial charge is 0.184 e. The molecule has 1 aromatic rings. The zero-order chi connectivity index (χ0) is 13.3. The molecule has 4 heteroatoms. The van der Waals surface area contributed by atoms with Gasteiger partial charge in [0, 0.05) is 22.6 Å². The van der Waals surface area contributed by atoms with Gasteiger partial charge in [-0.05, 0) is 30.5 Å². The average molecular weight is 327 g/mol. The molecule has 1 aliphatic heterocycles. The lowest BCUT2D eigenvalue weighted by Gasteiger charge is -2.42. The standard InChI is InChI=1S/C15H19BrO3/c1-17-10-15(3-2-4-15)12-7-11(8-13(16)9-12)14-18-5-6-19-14/h7-9,14H,2-6,10H2,1H3. The van der Waals surface area contributed by atoms with Crippen molar-refractivity contribution in [1.82, 2.24) is 0 Å². The second kappa shape index (κ2) is 5.52. The second-order valence-corrected chi connectivity index (χ2v) is 6.33. The number of rotatable bonds is 4. The third-order valence-corrected chi connectivity index (χ3v) is 4.62. The van der Waals surface area contributed by atoms with Crippen LogP contribution in [0.3, 0.4) is 0 Å². The number of benzene rings is 1. The van der Waals surface area contributed by atoms with Crippen molar-refractivity contribution in [3.05, 3.63) is 33.8 Å². The van der Waals surface area contributed by atoms with Crippen LogP contribution in [-0.4, -0.2) is 26.9 Å². The maximum absolute atomic E-state index is 5.60. The van der Waals surface area contributed by atoms with Crippen molar-refractivity contribution < 1.29 is 14.2 Å². The van der Waals surface area contributed by atoms with Gasteiger partial charge in [-0.3, -0.25) is 0 Å². The maximum Gasteiger partial charge on any atom is 0.184 e. The summed E-state index contributed by atoms with van der Waals surface area (Å²) < 4.78 is 17.7. The first kappa shape index (κ1) is 13.6.